The van der Waals surface area contributed by atoms with Crippen molar-refractivity contribution >= 4 is 11.8 Å². The third-order valence-electron chi connectivity index (χ3n) is 2.47. The van der Waals surface area contributed by atoms with Gasteiger partial charge in [-0.25, -0.2) is 0 Å². The molecule has 0 saturated heterocycles. The van der Waals surface area contributed by atoms with E-state index in [1.165, 1.54) is 7.11 Å². The van der Waals surface area contributed by atoms with Crippen molar-refractivity contribution in [2.75, 3.05) is 13.7 Å². The largest absolute Gasteiger partial charge is 0.468 e. The summed E-state index contributed by atoms with van der Waals surface area (Å²) in [5.41, 5.74) is -0.0163. The molecular weight excluding hydrogens is 230 g/mol. The molecule has 4 nitrogen and oxygen atoms in total. The number of carbonyl (C=O) groups is 2. The maximum absolute atomic E-state index is 11.7. The molecule has 0 heterocycles. The van der Waals surface area contributed by atoms with Crippen LogP contribution in [0.4, 0.5) is 0 Å². The molecule has 1 unspecified atom stereocenters. The molecule has 0 saturated carbocycles. The molecule has 0 aromatic heterocycles. The van der Waals surface area contributed by atoms with Crippen molar-refractivity contribution in [1.82, 2.24) is 5.32 Å². The van der Waals surface area contributed by atoms with E-state index < -0.39 is 0 Å². The summed E-state index contributed by atoms with van der Waals surface area (Å²) in [5.74, 6) is 0.201. The van der Waals surface area contributed by atoms with Crippen molar-refractivity contribution in [3.63, 3.8) is 0 Å². The summed E-state index contributed by atoms with van der Waals surface area (Å²) in [5, 5.41) is 3.00. The Morgan fingerprint density at radius 3 is 2.17 bits per heavy atom. The summed E-state index contributed by atoms with van der Waals surface area (Å²) in [7, 11) is 1.37. The van der Waals surface area contributed by atoms with Crippen molar-refractivity contribution in [3.05, 3.63) is 0 Å². The Morgan fingerprint density at radius 2 is 1.78 bits per heavy atom. The number of methoxy groups -OCH3 is 1. The summed E-state index contributed by atoms with van der Waals surface area (Å²) in [6.07, 6.45) is 1.19. The molecule has 18 heavy (non-hydrogen) atoms. The highest BCUT2D eigenvalue weighted by Gasteiger charge is 2.22. The van der Waals surface area contributed by atoms with Gasteiger partial charge >= 0.3 is 5.97 Å². The molecule has 0 fully saturated rings. The molecule has 0 bridgehead atoms. The van der Waals surface area contributed by atoms with Gasteiger partial charge in [-0.3, -0.25) is 14.9 Å². The van der Waals surface area contributed by atoms with Gasteiger partial charge in [0.1, 0.15) is 11.8 Å². The number of esters is 1. The van der Waals surface area contributed by atoms with E-state index in [4.69, 9.17) is 4.74 Å². The zero-order chi connectivity index (χ0) is 14.3. The average Bonchev–Trinajstić information content (AvgIpc) is 2.20. The first-order valence-corrected chi connectivity index (χ1v) is 6.48. The lowest BCUT2D eigenvalue weighted by Gasteiger charge is -2.20. The fourth-order valence-corrected chi connectivity index (χ4v) is 1.77. The Morgan fingerprint density at radius 1 is 1.22 bits per heavy atom. The quantitative estimate of drug-likeness (QED) is 0.710. The second-order valence-electron chi connectivity index (χ2n) is 6.36. The van der Waals surface area contributed by atoms with Crippen LogP contribution in [-0.4, -0.2) is 31.4 Å². The van der Waals surface area contributed by atoms with E-state index in [-0.39, 0.29) is 29.8 Å². The molecule has 0 aliphatic heterocycles. The summed E-state index contributed by atoms with van der Waals surface area (Å²) in [4.78, 5) is 23.3. The summed E-state index contributed by atoms with van der Waals surface area (Å²) in [6, 6.07) is -0.390. The lowest BCUT2D eigenvalue weighted by Crippen LogP contribution is -2.41. The third-order valence-corrected chi connectivity index (χ3v) is 2.47. The second kappa shape index (κ2) is 7.52. The lowest BCUT2D eigenvalue weighted by atomic mass is 9.90. The molecule has 0 aromatic rings. The summed E-state index contributed by atoms with van der Waals surface area (Å²) in [6.45, 7) is 10.4. The fourth-order valence-electron chi connectivity index (χ4n) is 1.77. The van der Waals surface area contributed by atoms with Crippen LogP contribution < -0.4 is 5.32 Å². The first-order chi connectivity index (χ1) is 8.15. The number of hydrogen-bond donors (Lipinski definition) is 1. The van der Waals surface area contributed by atoms with Gasteiger partial charge in [0.15, 0.2) is 0 Å². The molecule has 0 spiro atoms. The number of ketones is 1. The van der Waals surface area contributed by atoms with E-state index in [0.29, 0.717) is 18.8 Å². The average molecular weight is 257 g/mol. The molecule has 0 aliphatic carbocycles. The fraction of sp³-hybridized carbons (Fsp3) is 0.857. The van der Waals surface area contributed by atoms with Crippen LogP contribution in [-0.2, 0) is 14.3 Å². The normalized spacial score (nSPS) is 13.5. The van der Waals surface area contributed by atoms with E-state index in [1.54, 1.807) is 0 Å². The van der Waals surface area contributed by atoms with Gasteiger partial charge in [-0.1, -0.05) is 34.6 Å². The Labute approximate surface area is 110 Å². The van der Waals surface area contributed by atoms with Gasteiger partial charge in [0.2, 0.25) is 0 Å². The van der Waals surface area contributed by atoms with Crippen molar-refractivity contribution in [2.45, 2.75) is 53.5 Å². The number of nitrogens with one attached hydrogen (secondary N) is 1. The van der Waals surface area contributed by atoms with Crippen LogP contribution in [0.5, 0.6) is 0 Å². The van der Waals surface area contributed by atoms with Gasteiger partial charge in [0, 0.05) is 6.42 Å². The number of rotatable bonds is 7. The minimum Gasteiger partial charge on any atom is -0.468 e. The van der Waals surface area contributed by atoms with Crippen LogP contribution in [0.25, 0.3) is 0 Å². The molecule has 1 atom stereocenters. The van der Waals surface area contributed by atoms with E-state index in [2.05, 4.69) is 5.32 Å². The minimum atomic E-state index is -0.390. The molecule has 106 valence electrons. The van der Waals surface area contributed by atoms with Crippen LogP contribution in [0, 0.1) is 11.3 Å². The maximum Gasteiger partial charge on any atom is 0.322 e. The highest BCUT2D eigenvalue weighted by Crippen LogP contribution is 2.18. The van der Waals surface area contributed by atoms with Crippen molar-refractivity contribution in [3.8, 4) is 0 Å². The lowest BCUT2D eigenvalue weighted by molar-refractivity contribution is -0.143. The van der Waals surface area contributed by atoms with Gasteiger partial charge in [0.05, 0.1) is 13.7 Å². The first kappa shape index (κ1) is 17.1. The molecule has 0 aromatic carbocycles. The van der Waals surface area contributed by atoms with Crippen LogP contribution in [0.3, 0.4) is 0 Å². The van der Waals surface area contributed by atoms with Gasteiger partial charge in [0.25, 0.3) is 0 Å². The van der Waals surface area contributed by atoms with E-state index in [9.17, 15) is 9.59 Å². The second-order valence-corrected chi connectivity index (χ2v) is 6.36. The molecule has 0 amide bonds. The van der Waals surface area contributed by atoms with E-state index >= 15 is 0 Å². The maximum atomic E-state index is 11.7. The Hall–Kier alpha value is -0.900. The predicted octanol–water partition coefficient (Wildman–Crippen LogP) is 2.17. The summed E-state index contributed by atoms with van der Waals surface area (Å²) < 4.78 is 4.73. The SMILES string of the molecule is COC(=O)C(CC(C)C)NCC(=O)CC(C)(C)C. The number of Topliss-reactive ketones (excluding diaryl/α,β-unsaturated/α-hetero) is 1. The van der Waals surface area contributed by atoms with Crippen molar-refractivity contribution in [1.29, 1.82) is 0 Å². The minimum absolute atomic E-state index is 0.0163. The zero-order valence-corrected chi connectivity index (χ0v) is 12.5. The van der Waals surface area contributed by atoms with Gasteiger partial charge < -0.3 is 4.74 Å². The third kappa shape index (κ3) is 8.23. The van der Waals surface area contributed by atoms with Crippen LogP contribution in [0.15, 0.2) is 0 Å². The zero-order valence-electron chi connectivity index (χ0n) is 12.5. The Kier molecular flexibility index (Phi) is 7.14. The smallest absolute Gasteiger partial charge is 0.322 e. The van der Waals surface area contributed by atoms with Crippen molar-refractivity contribution < 1.29 is 14.3 Å². The Balaban J connectivity index is 4.26. The molecule has 1 N–H and O–H groups in total. The molecular formula is C14H27NO3. The molecule has 0 aliphatic rings. The molecule has 0 rings (SSSR count). The topological polar surface area (TPSA) is 55.4 Å². The standard InChI is InChI=1S/C14H27NO3/c1-10(2)7-12(13(17)18-6)15-9-11(16)8-14(3,4)5/h10,12,15H,7-9H2,1-6H3. The number of hydrogen-bond acceptors (Lipinski definition) is 4. The highest BCUT2D eigenvalue weighted by atomic mass is 16.5. The van der Waals surface area contributed by atoms with Crippen molar-refractivity contribution in [2.24, 2.45) is 11.3 Å². The van der Waals surface area contributed by atoms with Crippen LogP contribution >= 0.6 is 0 Å². The first-order valence-electron chi connectivity index (χ1n) is 6.48. The summed E-state index contributed by atoms with van der Waals surface area (Å²) >= 11 is 0. The molecule has 4 heteroatoms. The predicted molar refractivity (Wildman–Crippen MR) is 72.3 cm³/mol. The van der Waals surface area contributed by atoms with Crippen LogP contribution in [0.2, 0.25) is 0 Å². The number of carbonyl (C=O) groups excluding carboxylic acids is 2. The van der Waals surface area contributed by atoms with Gasteiger partial charge in [-0.15, -0.1) is 0 Å². The Bertz CT molecular complexity index is 279. The monoisotopic (exact) mass is 257 g/mol. The highest BCUT2D eigenvalue weighted by molar-refractivity contribution is 5.82. The number of ether oxygens (including phenoxy) is 1. The van der Waals surface area contributed by atoms with Gasteiger partial charge in [-0.05, 0) is 17.8 Å². The van der Waals surface area contributed by atoms with E-state index in [1.807, 2.05) is 34.6 Å². The van der Waals surface area contributed by atoms with Crippen LogP contribution in [0.1, 0.15) is 47.5 Å². The van der Waals surface area contributed by atoms with E-state index in [0.717, 1.165) is 0 Å². The van der Waals surface area contributed by atoms with Gasteiger partial charge in [-0.2, -0.15) is 0 Å². The molecule has 0 radical (unpaired) electrons.